The number of hydrogen-bond acceptors (Lipinski definition) is 5. The van der Waals surface area contributed by atoms with Gasteiger partial charge in [-0.05, 0) is 36.4 Å². The zero-order valence-corrected chi connectivity index (χ0v) is 17.5. The Morgan fingerprint density at radius 3 is 2.22 bits per heavy atom. The first kappa shape index (κ1) is 21.5. The van der Waals surface area contributed by atoms with Crippen molar-refractivity contribution in [2.75, 3.05) is 24.9 Å². The molecule has 0 unspecified atom stereocenters. The summed E-state index contributed by atoms with van der Waals surface area (Å²) in [7, 11) is -6.37. The second-order valence-electron chi connectivity index (χ2n) is 5.51. The van der Waals surface area contributed by atoms with Gasteiger partial charge in [0.1, 0.15) is 5.75 Å². The van der Waals surface area contributed by atoms with E-state index in [4.69, 9.17) is 16.3 Å². The summed E-state index contributed by atoms with van der Waals surface area (Å²) >= 11 is 5.86. The van der Waals surface area contributed by atoms with Crippen LogP contribution in [0.2, 0.25) is 5.02 Å². The Kier molecular flexibility index (Phi) is 6.74. The Hall–Kier alpha value is -1.81. The van der Waals surface area contributed by atoms with E-state index in [9.17, 15) is 16.8 Å². The molecule has 0 saturated heterocycles. The largest absolute Gasteiger partial charge is 0.495 e. The first-order chi connectivity index (χ1) is 12.7. The summed E-state index contributed by atoms with van der Waals surface area (Å²) in [6.07, 6.45) is 0. The van der Waals surface area contributed by atoms with Gasteiger partial charge in [0.15, 0.2) is 0 Å². The second kappa shape index (κ2) is 8.47. The molecule has 27 heavy (non-hydrogen) atoms. The molecule has 0 aliphatic rings. The van der Waals surface area contributed by atoms with Gasteiger partial charge < -0.3 is 4.74 Å². The lowest BCUT2D eigenvalue weighted by Crippen LogP contribution is -2.30. The number of benzene rings is 2. The van der Waals surface area contributed by atoms with Crippen molar-refractivity contribution in [1.29, 1.82) is 0 Å². The van der Waals surface area contributed by atoms with Gasteiger partial charge >= 0.3 is 0 Å². The smallest absolute Gasteiger partial charge is 0.262 e. The zero-order valence-electron chi connectivity index (χ0n) is 15.1. The van der Waals surface area contributed by atoms with Gasteiger partial charge in [-0.15, -0.1) is 0 Å². The molecule has 0 saturated carbocycles. The molecule has 148 valence electrons. The molecule has 0 atom stereocenters. The van der Waals surface area contributed by atoms with Crippen LogP contribution in [-0.4, -0.2) is 41.3 Å². The normalized spacial score (nSPS) is 12.2. The van der Waals surface area contributed by atoms with Gasteiger partial charge in [-0.25, -0.2) is 16.8 Å². The maximum atomic E-state index is 12.7. The molecule has 0 bridgehead atoms. The van der Waals surface area contributed by atoms with E-state index in [1.165, 1.54) is 47.8 Å². The molecular weight excluding hydrogens is 412 g/mol. The number of nitrogens with zero attached hydrogens (tertiary/aromatic N) is 1. The van der Waals surface area contributed by atoms with Crippen molar-refractivity contribution in [3.63, 3.8) is 0 Å². The van der Waals surface area contributed by atoms with E-state index < -0.39 is 20.0 Å². The monoisotopic (exact) mass is 432 g/mol. The number of hydrogen-bond donors (Lipinski definition) is 1. The van der Waals surface area contributed by atoms with Crippen molar-refractivity contribution in [3.05, 3.63) is 47.5 Å². The van der Waals surface area contributed by atoms with Crippen molar-refractivity contribution >= 4 is 37.3 Å². The Labute approximate surface area is 165 Å². The summed E-state index contributed by atoms with van der Waals surface area (Å²) < 4.78 is 59.5. The van der Waals surface area contributed by atoms with Crippen LogP contribution >= 0.6 is 11.6 Å². The lowest BCUT2D eigenvalue weighted by molar-refractivity contribution is 0.416. The predicted octanol–water partition coefficient (Wildman–Crippen LogP) is 3.18. The van der Waals surface area contributed by atoms with Gasteiger partial charge in [-0.2, -0.15) is 4.31 Å². The van der Waals surface area contributed by atoms with Gasteiger partial charge in [0.25, 0.3) is 10.0 Å². The van der Waals surface area contributed by atoms with Crippen LogP contribution in [0.5, 0.6) is 5.75 Å². The molecule has 0 radical (unpaired) electrons. The SMILES string of the molecule is CCN(CC)S(=O)(=O)c1ccc(OC)c(NS(=O)(=O)c2cccc(Cl)c2)c1. The fourth-order valence-electron chi connectivity index (χ4n) is 2.48. The maximum Gasteiger partial charge on any atom is 0.262 e. The Morgan fingerprint density at radius 2 is 1.67 bits per heavy atom. The number of sulfonamides is 2. The summed E-state index contributed by atoms with van der Waals surface area (Å²) in [6, 6.07) is 9.78. The van der Waals surface area contributed by atoms with Crippen LogP contribution in [0.1, 0.15) is 13.8 Å². The molecule has 0 aliphatic carbocycles. The minimum Gasteiger partial charge on any atom is -0.495 e. The van der Waals surface area contributed by atoms with Crippen molar-refractivity contribution in [1.82, 2.24) is 4.31 Å². The molecule has 0 aromatic heterocycles. The highest BCUT2D eigenvalue weighted by atomic mass is 35.5. The minimum atomic E-state index is -3.98. The van der Waals surface area contributed by atoms with E-state index in [2.05, 4.69) is 4.72 Å². The Bertz CT molecular complexity index is 1020. The van der Waals surface area contributed by atoms with Crippen LogP contribution in [0.15, 0.2) is 52.3 Å². The van der Waals surface area contributed by atoms with E-state index in [0.717, 1.165) is 0 Å². The highest BCUT2D eigenvalue weighted by molar-refractivity contribution is 7.92. The number of anilines is 1. The summed E-state index contributed by atoms with van der Waals surface area (Å²) in [5.41, 5.74) is 0.0192. The van der Waals surface area contributed by atoms with Gasteiger partial charge in [-0.1, -0.05) is 31.5 Å². The molecule has 0 aliphatic heterocycles. The van der Waals surface area contributed by atoms with Crippen LogP contribution in [-0.2, 0) is 20.0 Å². The highest BCUT2D eigenvalue weighted by Gasteiger charge is 2.24. The fourth-order valence-corrected chi connectivity index (χ4v) is 5.32. The highest BCUT2D eigenvalue weighted by Crippen LogP contribution is 2.31. The molecule has 0 spiro atoms. The molecule has 2 aromatic carbocycles. The lowest BCUT2D eigenvalue weighted by atomic mass is 10.3. The molecule has 2 rings (SSSR count). The first-order valence-electron chi connectivity index (χ1n) is 8.12. The quantitative estimate of drug-likeness (QED) is 0.691. The Morgan fingerprint density at radius 1 is 1.00 bits per heavy atom. The van der Waals surface area contributed by atoms with Crippen LogP contribution in [0.25, 0.3) is 0 Å². The lowest BCUT2D eigenvalue weighted by Gasteiger charge is -2.20. The van der Waals surface area contributed by atoms with Gasteiger partial charge in [0.05, 0.1) is 22.6 Å². The minimum absolute atomic E-state index is 0.0192. The van der Waals surface area contributed by atoms with Gasteiger partial charge in [-0.3, -0.25) is 4.72 Å². The fraction of sp³-hybridized carbons (Fsp3) is 0.294. The standard InChI is InChI=1S/C17H21ClN2O5S2/c1-4-20(5-2)27(23,24)15-9-10-17(25-3)16(12-15)19-26(21,22)14-8-6-7-13(18)11-14/h6-12,19H,4-5H2,1-3H3. The average Bonchev–Trinajstić information content (AvgIpc) is 2.62. The third-order valence-electron chi connectivity index (χ3n) is 3.86. The molecule has 0 amide bonds. The van der Waals surface area contributed by atoms with Crippen molar-refractivity contribution < 1.29 is 21.6 Å². The maximum absolute atomic E-state index is 12.7. The van der Waals surface area contributed by atoms with Gasteiger partial charge in [0, 0.05) is 18.1 Å². The van der Waals surface area contributed by atoms with Crippen LogP contribution < -0.4 is 9.46 Å². The number of methoxy groups -OCH3 is 1. The molecule has 10 heteroatoms. The summed E-state index contributed by atoms with van der Waals surface area (Å²) in [5.74, 6) is 0.194. The van der Waals surface area contributed by atoms with E-state index in [-0.39, 0.29) is 26.3 Å². The summed E-state index contributed by atoms with van der Waals surface area (Å²) in [4.78, 5) is -0.0788. The van der Waals surface area contributed by atoms with Crippen molar-refractivity contribution in [2.24, 2.45) is 0 Å². The molecule has 1 N–H and O–H groups in total. The van der Waals surface area contributed by atoms with E-state index >= 15 is 0 Å². The summed E-state index contributed by atoms with van der Waals surface area (Å²) in [5, 5.41) is 0.266. The Balaban J connectivity index is 2.50. The first-order valence-corrected chi connectivity index (χ1v) is 11.4. The number of rotatable bonds is 8. The van der Waals surface area contributed by atoms with Crippen molar-refractivity contribution in [3.8, 4) is 5.75 Å². The summed E-state index contributed by atoms with van der Waals surface area (Å²) in [6.45, 7) is 4.06. The molecule has 2 aromatic rings. The van der Waals surface area contributed by atoms with Crippen LogP contribution in [0, 0.1) is 0 Å². The third kappa shape index (κ3) is 4.73. The van der Waals surface area contributed by atoms with Crippen LogP contribution in [0.4, 0.5) is 5.69 Å². The average molecular weight is 433 g/mol. The van der Waals surface area contributed by atoms with E-state index in [0.29, 0.717) is 13.1 Å². The molecule has 7 nitrogen and oxygen atoms in total. The third-order valence-corrected chi connectivity index (χ3v) is 7.51. The zero-order chi connectivity index (χ0) is 20.2. The van der Waals surface area contributed by atoms with Crippen molar-refractivity contribution in [2.45, 2.75) is 23.6 Å². The van der Waals surface area contributed by atoms with Gasteiger partial charge in [0.2, 0.25) is 10.0 Å². The number of ether oxygens (including phenoxy) is 1. The molecule has 0 heterocycles. The molecular formula is C17H21ClN2O5S2. The van der Waals surface area contributed by atoms with E-state index in [1.54, 1.807) is 19.9 Å². The number of nitrogens with one attached hydrogen (secondary N) is 1. The number of halogens is 1. The van der Waals surface area contributed by atoms with Crippen LogP contribution in [0.3, 0.4) is 0 Å². The predicted molar refractivity (Wildman–Crippen MR) is 105 cm³/mol. The second-order valence-corrected chi connectivity index (χ2v) is 9.57. The molecule has 0 fully saturated rings. The van der Waals surface area contributed by atoms with E-state index in [1.807, 2.05) is 0 Å². The topological polar surface area (TPSA) is 92.8 Å².